The second-order valence-electron chi connectivity index (χ2n) is 5.19. The van der Waals surface area contributed by atoms with Crippen molar-refractivity contribution in [3.8, 4) is 0 Å². The summed E-state index contributed by atoms with van der Waals surface area (Å²) in [5, 5.41) is 2.98. The number of rotatable bonds is 2. The molecule has 2 heterocycles. The molecule has 4 heteroatoms. The summed E-state index contributed by atoms with van der Waals surface area (Å²) in [6.07, 6.45) is 3.20. The van der Waals surface area contributed by atoms with Gasteiger partial charge in [-0.1, -0.05) is 13.8 Å². The van der Waals surface area contributed by atoms with Gasteiger partial charge in [-0.2, -0.15) is 0 Å². The van der Waals surface area contributed by atoms with Crippen molar-refractivity contribution in [1.82, 2.24) is 10.2 Å². The summed E-state index contributed by atoms with van der Waals surface area (Å²) in [4.78, 5) is 13.9. The van der Waals surface area contributed by atoms with Crippen molar-refractivity contribution >= 4 is 6.03 Å². The Morgan fingerprint density at radius 1 is 1.53 bits per heavy atom. The van der Waals surface area contributed by atoms with Gasteiger partial charge in [-0.15, -0.1) is 0 Å². The van der Waals surface area contributed by atoms with Crippen molar-refractivity contribution in [3.05, 3.63) is 0 Å². The summed E-state index contributed by atoms with van der Waals surface area (Å²) in [7, 11) is 0. The number of nitrogens with two attached hydrogens (primary N) is 1. The van der Waals surface area contributed by atoms with E-state index in [4.69, 9.17) is 5.73 Å². The van der Waals surface area contributed by atoms with Crippen molar-refractivity contribution in [2.24, 2.45) is 11.7 Å². The van der Waals surface area contributed by atoms with Crippen molar-refractivity contribution < 1.29 is 4.79 Å². The van der Waals surface area contributed by atoms with Crippen molar-refractivity contribution in [1.29, 1.82) is 0 Å². The molecule has 86 valence electrons. The standard InChI is InChI=1S/C11H21N3O/c1-7(2)6-13-11(15)14-8-3-4-10(14)9(12)5-8/h7-10H,3-6,12H2,1-2H3,(H,13,15). The third-order valence-electron chi connectivity index (χ3n) is 3.48. The smallest absolute Gasteiger partial charge is 0.317 e. The molecule has 2 bridgehead atoms. The van der Waals surface area contributed by atoms with E-state index in [9.17, 15) is 4.79 Å². The number of hydrogen-bond acceptors (Lipinski definition) is 2. The molecule has 2 rings (SSSR count). The Morgan fingerprint density at radius 3 is 2.73 bits per heavy atom. The van der Waals surface area contributed by atoms with Gasteiger partial charge >= 0.3 is 6.03 Å². The number of carbonyl (C=O) groups is 1. The first kappa shape index (κ1) is 10.7. The Balaban J connectivity index is 1.91. The van der Waals surface area contributed by atoms with E-state index in [1.54, 1.807) is 0 Å². The molecule has 3 N–H and O–H groups in total. The molecule has 2 amide bonds. The van der Waals surface area contributed by atoms with Gasteiger partial charge in [-0.25, -0.2) is 4.79 Å². The lowest BCUT2D eigenvalue weighted by Gasteiger charge is -2.23. The van der Waals surface area contributed by atoms with Gasteiger partial charge in [0.05, 0.1) is 0 Å². The fourth-order valence-electron chi connectivity index (χ4n) is 2.73. The van der Waals surface area contributed by atoms with E-state index >= 15 is 0 Å². The van der Waals surface area contributed by atoms with Gasteiger partial charge in [0.15, 0.2) is 0 Å². The zero-order valence-corrected chi connectivity index (χ0v) is 9.57. The zero-order valence-electron chi connectivity index (χ0n) is 9.57. The van der Waals surface area contributed by atoms with E-state index in [0.29, 0.717) is 18.0 Å². The fourth-order valence-corrected chi connectivity index (χ4v) is 2.73. The van der Waals surface area contributed by atoms with Crippen molar-refractivity contribution in [2.45, 2.75) is 51.2 Å². The Hall–Kier alpha value is -0.770. The molecule has 2 aliphatic heterocycles. The van der Waals surface area contributed by atoms with Crippen molar-refractivity contribution in [3.63, 3.8) is 0 Å². The lowest BCUT2D eigenvalue weighted by atomic mass is 9.97. The molecule has 3 unspecified atom stereocenters. The first-order chi connectivity index (χ1) is 7.09. The average Bonchev–Trinajstić information content (AvgIpc) is 2.70. The molecule has 3 atom stereocenters. The van der Waals surface area contributed by atoms with Crippen LogP contribution in [0.25, 0.3) is 0 Å². The number of amides is 2. The highest BCUT2D eigenvalue weighted by atomic mass is 16.2. The summed E-state index contributed by atoms with van der Waals surface area (Å²) in [6, 6.07) is 0.983. The maximum absolute atomic E-state index is 11.9. The Bertz CT molecular complexity index is 254. The molecule has 0 saturated carbocycles. The minimum absolute atomic E-state index is 0.0872. The topological polar surface area (TPSA) is 58.4 Å². The zero-order chi connectivity index (χ0) is 11.0. The van der Waals surface area contributed by atoms with Crippen LogP contribution in [0.3, 0.4) is 0 Å². The maximum Gasteiger partial charge on any atom is 0.317 e. The molecule has 2 saturated heterocycles. The van der Waals surface area contributed by atoms with Crippen LogP contribution in [0.4, 0.5) is 4.79 Å². The van der Waals surface area contributed by atoms with Gasteiger partial charge in [-0.05, 0) is 25.2 Å². The van der Waals surface area contributed by atoms with Gasteiger partial charge in [0.1, 0.15) is 0 Å². The predicted molar refractivity (Wildman–Crippen MR) is 59.5 cm³/mol. The lowest BCUT2D eigenvalue weighted by Crippen LogP contribution is -2.46. The molecule has 2 aliphatic rings. The van der Waals surface area contributed by atoms with E-state index in [-0.39, 0.29) is 12.1 Å². The van der Waals surface area contributed by atoms with E-state index in [2.05, 4.69) is 19.2 Å². The van der Waals surface area contributed by atoms with E-state index < -0.39 is 0 Å². The van der Waals surface area contributed by atoms with Crippen molar-refractivity contribution in [2.75, 3.05) is 6.54 Å². The lowest BCUT2D eigenvalue weighted by molar-refractivity contribution is 0.189. The Morgan fingerprint density at radius 2 is 2.27 bits per heavy atom. The number of hydrogen-bond donors (Lipinski definition) is 2. The molecule has 15 heavy (non-hydrogen) atoms. The molecule has 0 aliphatic carbocycles. The third kappa shape index (κ3) is 1.95. The summed E-state index contributed by atoms with van der Waals surface area (Å²) in [6.45, 7) is 4.96. The second-order valence-corrected chi connectivity index (χ2v) is 5.19. The van der Waals surface area contributed by atoms with Crippen LogP contribution in [0.5, 0.6) is 0 Å². The fraction of sp³-hybridized carbons (Fsp3) is 0.909. The van der Waals surface area contributed by atoms with E-state index in [0.717, 1.165) is 25.8 Å². The SMILES string of the molecule is CC(C)CNC(=O)N1C2CCC1C(N)C2. The second kappa shape index (κ2) is 4.00. The number of fused-ring (bicyclic) bond motifs is 2. The highest BCUT2D eigenvalue weighted by Crippen LogP contribution is 2.36. The largest absolute Gasteiger partial charge is 0.338 e. The van der Waals surface area contributed by atoms with Crippen LogP contribution in [0, 0.1) is 5.92 Å². The molecular formula is C11H21N3O. The molecule has 0 aromatic heterocycles. The number of urea groups is 1. The molecule has 0 aromatic carbocycles. The van der Waals surface area contributed by atoms with E-state index in [1.807, 2.05) is 4.90 Å². The van der Waals surface area contributed by atoms with Gasteiger partial charge in [0.2, 0.25) is 0 Å². The molecular weight excluding hydrogens is 190 g/mol. The van der Waals surface area contributed by atoms with Crippen LogP contribution in [0.1, 0.15) is 33.1 Å². The molecule has 2 fully saturated rings. The summed E-state index contributed by atoms with van der Waals surface area (Å²) >= 11 is 0. The molecule has 0 spiro atoms. The number of carbonyl (C=O) groups excluding carboxylic acids is 1. The monoisotopic (exact) mass is 211 g/mol. The predicted octanol–water partition coefficient (Wildman–Crippen LogP) is 0.916. The number of nitrogens with one attached hydrogen (secondary N) is 1. The van der Waals surface area contributed by atoms with Crippen LogP contribution in [-0.2, 0) is 0 Å². The summed E-state index contributed by atoms with van der Waals surface area (Å²) < 4.78 is 0. The van der Waals surface area contributed by atoms with Gasteiger partial charge in [0.25, 0.3) is 0 Å². The quantitative estimate of drug-likeness (QED) is 0.713. The number of nitrogens with zero attached hydrogens (tertiary/aromatic N) is 1. The highest BCUT2D eigenvalue weighted by Gasteiger charge is 2.46. The first-order valence-corrected chi connectivity index (χ1v) is 5.91. The minimum Gasteiger partial charge on any atom is -0.338 e. The highest BCUT2D eigenvalue weighted by molar-refractivity contribution is 5.75. The average molecular weight is 211 g/mol. The van der Waals surface area contributed by atoms with Gasteiger partial charge in [0, 0.05) is 24.7 Å². The normalized spacial score (nSPS) is 33.9. The summed E-state index contributed by atoms with van der Waals surface area (Å²) in [5.74, 6) is 0.503. The van der Waals surface area contributed by atoms with Crippen LogP contribution < -0.4 is 11.1 Å². The van der Waals surface area contributed by atoms with Gasteiger partial charge in [-0.3, -0.25) is 0 Å². The van der Waals surface area contributed by atoms with Crippen LogP contribution >= 0.6 is 0 Å². The van der Waals surface area contributed by atoms with E-state index in [1.165, 1.54) is 0 Å². The first-order valence-electron chi connectivity index (χ1n) is 5.91. The van der Waals surface area contributed by atoms with Gasteiger partial charge < -0.3 is 16.0 Å². The molecule has 0 radical (unpaired) electrons. The Kier molecular flexibility index (Phi) is 2.87. The minimum atomic E-state index is 0.0872. The summed E-state index contributed by atoms with van der Waals surface area (Å²) in [5.41, 5.74) is 5.98. The third-order valence-corrected chi connectivity index (χ3v) is 3.48. The van der Waals surface area contributed by atoms with Crippen LogP contribution in [-0.4, -0.2) is 35.6 Å². The van der Waals surface area contributed by atoms with Crippen LogP contribution in [0.15, 0.2) is 0 Å². The maximum atomic E-state index is 11.9. The van der Waals surface area contributed by atoms with Crippen LogP contribution in [0.2, 0.25) is 0 Å². The Labute approximate surface area is 91.2 Å². The molecule has 4 nitrogen and oxygen atoms in total. The molecule has 0 aromatic rings.